The molecule has 3 rings (SSSR count). The highest BCUT2D eigenvalue weighted by atomic mass is 35.5. The van der Waals surface area contributed by atoms with E-state index in [4.69, 9.17) is 21.1 Å². The molecule has 0 saturated carbocycles. The summed E-state index contributed by atoms with van der Waals surface area (Å²) in [6, 6.07) is 7.33. The van der Waals surface area contributed by atoms with Crippen LogP contribution in [-0.4, -0.2) is 30.0 Å². The second-order valence-corrected chi connectivity index (χ2v) is 6.51. The van der Waals surface area contributed by atoms with Crippen LogP contribution >= 0.6 is 22.9 Å². The molecule has 1 amide bonds. The number of hydrogen-bond acceptors (Lipinski definition) is 7. The number of nitro groups is 1. The minimum atomic E-state index is -0.610. The number of halogens is 1. The summed E-state index contributed by atoms with van der Waals surface area (Å²) in [7, 11) is 2.83. The van der Waals surface area contributed by atoms with Gasteiger partial charge in [0, 0.05) is 17.7 Å². The molecule has 0 saturated heterocycles. The zero-order valence-corrected chi connectivity index (χ0v) is 15.2. The molecular weight excluding hydrogens is 382 g/mol. The van der Waals surface area contributed by atoms with Crippen LogP contribution in [0.15, 0.2) is 30.3 Å². The Morgan fingerprint density at radius 1 is 1.23 bits per heavy atom. The first kappa shape index (κ1) is 17.9. The number of benzene rings is 2. The van der Waals surface area contributed by atoms with E-state index in [-0.39, 0.29) is 17.0 Å². The first-order valence-electron chi connectivity index (χ1n) is 7.20. The molecule has 0 aliphatic carbocycles. The molecular formula is C16H12ClN3O5S. The minimum Gasteiger partial charge on any atom is -0.495 e. The lowest BCUT2D eigenvalue weighted by Crippen LogP contribution is -2.12. The average molecular weight is 394 g/mol. The van der Waals surface area contributed by atoms with Crippen LogP contribution in [0, 0.1) is 10.1 Å². The van der Waals surface area contributed by atoms with Crippen LogP contribution in [0.5, 0.6) is 11.5 Å². The SMILES string of the molecule is COc1cc2sc(NC(=O)c3ccc(OC)c([N+](=O)[O-])c3)nc2cc1Cl. The quantitative estimate of drug-likeness (QED) is 0.516. The van der Waals surface area contributed by atoms with Gasteiger partial charge >= 0.3 is 5.69 Å². The normalized spacial score (nSPS) is 10.6. The van der Waals surface area contributed by atoms with Crippen molar-refractivity contribution in [3.05, 3.63) is 51.0 Å². The Hall–Kier alpha value is -2.91. The third kappa shape index (κ3) is 3.39. The van der Waals surface area contributed by atoms with Gasteiger partial charge < -0.3 is 9.47 Å². The predicted molar refractivity (Wildman–Crippen MR) is 98.8 cm³/mol. The number of fused-ring (bicyclic) bond motifs is 1. The maximum Gasteiger partial charge on any atom is 0.311 e. The number of anilines is 1. The van der Waals surface area contributed by atoms with E-state index < -0.39 is 10.8 Å². The largest absolute Gasteiger partial charge is 0.495 e. The number of rotatable bonds is 5. The third-order valence-electron chi connectivity index (χ3n) is 3.52. The number of ether oxygens (including phenoxy) is 2. The summed E-state index contributed by atoms with van der Waals surface area (Å²) in [6.07, 6.45) is 0. The van der Waals surface area contributed by atoms with Gasteiger partial charge in [0.15, 0.2) is 10.9 Å². The van der Waals surface area contributed by atoms with Gasteiger partial charge in [0.05, 0.1) is 34.4 Å². The number of nitrogens with one attached hydrogen (secondary N) is 1. The molecule has 8 nitrogen and oxygen atoms in total. The first-order chi connectivity index (χ1) is 12.4. The molecule has 0 unspecified atom stereocenters. The Morgan fingerprint density at radius 2 is 1.96 bits per heavy atom. The van der Waals surface area contributed by atoms with Crippen molar-refractivity contribution in [2.45, 2.75) is 0 Å². The zero-order chi connectivity index (χ0) is 18.8. The van der Waals surface area contributed by atoms with Crippen LogP contribution in [0.3, 0.4) is 0 Å². The van der Waals surface area contributed by atoms with Crippen molar-refractivity contribution in [3.63, 3.8) is 0 Å². The van der Waals surface area contributed by atoms with Crippen LogP contribution in [0.2, 0.25) is 5.02 Å². The van der Waals surface area contributed by atoms with Gasteiger partial charge in [-0.15, -0.1) is 0 Å². The number of thiazole rings is 1. The molecule has 1 heterocycles. The van der Waals surface area contributed by atoms with Crippen LogP contribution in [0.25, 0.3) is 10.2 Å². The van der Waals surface area contributed by atoms with Crippen molar-refractivity contribution >= 4 is 49.9 Å². The zero-order valence-electron chi connectivity index (χ0n) is 13.6. The number of carbonyl (C=O) groups excluding carboxylic acids is 1. The number of nitro benzene ring substituents is 1. The van der Waals surface area contributed by atoms with Gasteiger partial charge in [0.2, 0.25) is 0 Å². The lowest BCUT2D eigenvalue weighted by Gasteiger charge is -2.04. The summed E-state index contributed by atoms with van der Waals surface area (Å²) in [6.45, 7) is 0. The van der Waals surface area contributed by atoms with Crippen molar-refractivity contribution in [1.82, 2.24) is 4.98 Å². The molecule has 0 bridgehead atoms. The summed E-state index contributed by atoms with van der Waals surface area (Å²) in [5, 5.41) is 14.5. The summed E-state index contributed by atoms with van der Waals surface area (Å²) in [5.74, 6) is 0.0626. The highest BCUT2D eigenvalue weighted by Gasteiger charge is 2.19. The summed E-state index contributed by atoms with van der Waals surface area (Å²) in [5.41, 5.74) is 0.435. The number of nitrogens with zero attached hydrogens (tertiary/aromatic N) is 2. The van der Waals surface area contributed by atoms with Crippen LogP contribution < -0.4 is 14.8 Å². The molecule has 0 radical (unpaired) electrons. The monoisotopic (exact) mass is 393 g/mol. The van der Waals surface area contributed by atoms with Gasteiger partial charge in [-0.1, -0.05) is 22.9 Å². The molecule has 0 fully saturated rings. The summed E-state index contributed by atoms with van der Waals surface area (Å²) >= 11 is 7.30. The Morgan fingerprint density at radius 3 is 2.62 bits per heavy atom. The predicted octanol–water partition coefficient (Wildman–Crippen LogP) is 4.13. The van der Waals surface area contributed by atoms with E-state index in [0.29, 0.717) is 21.4 Å². The van der Waals surface area contributed by atoms with Crippen molar-refractivity contribution in [3.8, 4) is 11.5 Å². The summed E-state index contributed by atoms with van der Waals surface area (Å²) < 4.78 is 10.9. The second-order valence-electron chi connectivity index (χ2n) is 5.07. The minimum absolute atomic E-state index is 0.0771. The fourth-order valence-corrected chi connectivity index (χ4v) is 3.39. The molecule has 0 spiro atoms. The Balaban J connectivity index is 1.89. The van der Waals surface area contributed by atoms with E-state index in [2.05, 4.69) is 10.3 Å². The van der Waals surface area contributed by atoms with E-state index >= 15 is 0 Å². The molecule has 0 aliphatic rings. The van der Waals surface area contributed by atoms with Crippen molar-refractivity contribution in [2.24, 2.45) is 0 Å². The lowest BCUT2D eigenvalue weighted by atomic mass is 10.2. The number of aromatic nitrogens is 1. The Bertz CT molecular complexity index is 1020. The fraction of sp³-hybridized carbons (Fsp3) is 0.125. The lowest BCUT2D eigenvalue weighted by molar-refractivity contribution is -0.385. The van der Waals surface area contributed by atoms with Crippen molar-refractivity contribution < 1.29 is 19.2 Å². The van der Waals surface area contributed by atoms with E-state index in [1.54, 1.807) is 12.1 Å². The number of carbonyl (C=O) groups is 1. The Kier molecular flexibility index (Phi) is 4.92. The van der Waals surface area contributed by atoms with E-state index in [9.17, 15) is 14.9 Å². The van der Waals surface area contributed by atoms with Gasteiger partial charge in [0.25, 0.3) is 5.91 Å². The second kappa shape index (κ2) is 7.14. The molecule has 10 heteroatoms. The van der Waals surface area contributed by atoms with E-state index in [0.717, 1.165) is 10.8 Å². The molecule has 134 valence electrons. The van der Waals surface area contributed by atoms with Gasteiger partial charge in [-0.2, -0.15) is 0 Å². The van der Waals surface area contributed by atoms with Crippen LogP contribution in [-0.2, 0) is 0 Å². The average Bonchev–Trinajstić information content (AvgIpc) is 3.00. The highest BCUT2D eigenvalue weighted by molar-refractivity contribution is 7.22. The van der Waals surface area contributed by atoms with Crippen LogP contribution in [0.4, 0.5) is 10.8 Å². The first-order valence-corrected chi connectivity index (χ1v) is 8.40. The molecule has 1 N–H and O–H groups in total. The fourth-order valence-electron chi connectivity index (χ4n) is 2.28. The molecule has 1 aromatic heterocycles. The van der Waals surface area contributed by atoms with Gasteiger partial charge in [-0.3, -0.25) is 20.2 Å². The van der Waals surface area contributed by atoms with Gasteiger partial charge in [-0.05, 0) is 18.2 Å². The van der Waals surface area contributed by atoms with Crippen molar-refractivity contribution in [2.75, 3.05) is 19.5 Å². The molecule has 0 aliphatic heterocycles. The van der Waals surface area contributed by atoms with E-state index in [1.807, 2.05) is 0 Å². The maximum absolute atomic E-state index is 12.4. The maximum atomic E-state index is 12.4. The molecule has 2 aromatic carbocycles. The van der Waals surface area contributed by atoms with Gasteiger partial charge in [0.1, 0.15) is 5.75 Å². The number of amides is 1. The smallest absolute Gasteiger partial charge is 0.311 e. The number of hydrogen-bond donors (Lipinski definition) is 1. The molecule has 0 atom stereocenters. The molecule has 3 aromatic rings. The summed E-state index contributed by atoms with van der Waals surface area (Å²) in [4.78, 5) is 27.2. The van der Waals surface area contributed by atoms with E-state index in [1.165, 1.54) is 37.7 Å². The topological polar surface area (TPSA) is 104 Å². The molecule has 26 heavy (non-hydrogen) atoms. The standard InChI is InChI=1S/C16H12ClN3O5S/c1-24-12-4-3-8(5-11(12)20(22)23)15(21)19-16-18-10-6-9(17)13(25-2)7-14(10)26-16/h3-7H,1-2H3,(H,18,19,21). The third-order valence-corrected chi connectivity index (χ3v) is 4.75. The van der Waals surface area contributed by atoms with Crippen LogP contribution in [0.1, 0.15) is 10.4 Å². The number of methoxy groups -OCH3 is 2. The van der Waals surface area contributed by atoms with Gasteiger partial charge in [-0.25, -0.2) is 4.98 Å². The highest BCUT2D eigenvalue weighted by Crippen LogP contribution is 2.35. The Labute approximate surface area is 156 Å². The van der Waals surface area contributed by atoms with Crippen molar-refractivity contribution in [1.29, 1.82) is 0 Å².